The van der Waals surface area contributed by atoms with E-state index in [2.05, 4.69) is 5.32 Å². The fourth-order valence-electron chi connectivity index (χ4n) is 5.28. The molecule has 1 atom stereocenters. The van der Waals surface area contributed by atoms with Crippen molar-refractivity contribution in [2.45, 2.75) is 69.5 Å². The minimum atomic E-state index is -4.25. The first-order chi connectivity index (χ1) is 21.0. The van der Waals surface area contributed by atoms with E-state index < -0.39 is 34.3 Å². The molecule has 1 N–H and O–H groups in total. The average Bonchev–Trinajstić information content (AvgIpc) is 3.03. The van der Waals surface area contributed by atoms with E-state index in [9.17, 15) is 22.4 Å². The van der Waals surface area contributed by atoms with Gasteiger partial charge in [-0.2, -0.15) is 0 Å². The Labute approximate surface area is 259 Å². The first-order valence-corrected chi connectivity index (χ1v) is 16.1. The van der Waals surface area contributed by atoms with E-state index in [1.165, 1.54) is 67.7 Å². The number of hydrogen-bond donors (Lipinski definition) is 1. The maximum Gasteiger partial charge on any atom is 0.264 e. The lowest BCUT2D eigenvalue weighted by atomic mass is 9.95. The maximum absolute atomic E-state index is 14.2. The lowest BCUT2D eigenvalue weighted by Gasteiger charge is -2.33. The van der Waals surface area contributed by atoms with Crippen molar-refractivity contribution in [3.05, 3.63) is 83.7 Å². The normalized spacial score (nSPS) is 14.4. The number of carbonyl (C=O) groups excluding carboxylic acids is 2. The fourth-order valence-corrected chi connectivity index (χ4v) is 6.69. The Morgan fingerprint density at radius 1 is 0.932 bits per heavy atom. The van der Waals surface area contributed by atoms with Crippen molar-refractivity contribution >= 4 is 27.5 Å². The topological polar surface area (TPSA) is 105 Å². The molecule has 0 unspecified atom stereocenters. The summed E-state index contributed by atoms with van der Waals surface area (Å²) in [6, 6.07) is 15.6. The van der Waals surface area contributed by atoms with Gasteiger partial charge in [0.2, 0.25) is 11.8 Å². The summed E-state index contributed by atoms with van der Waals surface area (Å²) in [5.41, 5.74) is 1.65. The molecule has 1 fully saturated rings. The predicted octanol–water partition coefficient (Wildman–Crippen LogP) is 5.21. The third kappa shape index (κ3) is 7.88. The minimum absolute atomic E-state index is 0.00106. The first kappa shape index (κ1) is 32.8. The number of anilines is 1. The van der Waals surface area contributed by atoms with Crippen LogP contribution in [0.25, 0.3) is 0 Å². The second-order valence-electron chi connectivity index (χ2n) is 11.0. The molecule has 0 aliphatic heterocycles. The molecule has 0 bridgehead atoms. The van der Waals surface area contributed by atoms with Crippen LogP contribution >= 0.6 is 0 Å². The number of methoxy groups -OCH3 is 2. The molecule has 11 heteroatoms. The summed E-state index contributed by atoms with van der Waals surface area (Å²) >= 11 is 0. The van der Waals surface area contributed by atoms with Crippen molar-refractivity contribution in [1.29, 1.82) is 0 Å². The van der Waals surface area contributed by atoms with Crippen LogP contribution in [0.4, 0.5) is 10.1 Å². The average molecular weight is 626 g/mol. The number of halogens is 1. The highest BCUT2D eigenvalue weighted by atomic mass is 32.2. The molecule has 4 rings (SSSR count). The number of rotatable bonds is 12. The summed E-state index contributed by atoms with van der Waals surface area (Å²) in [5.74, 6) is -0.692. The fraction of sp³-hybridized carbons (Fsp3) is 0.394. The van der Waals surface area contributed by atoms with Gasteiger partial charge in [0.25, 0.3) is 10.0 Å². The Bertz CT molecular complexity index is 1540. The van der Waals surface area contributed by atoms with Crippen LogP contribution in [0.1, 0.15) is 50.2 Å². The van der Waals surface area contributed by atoms with Crippen LogP contribution in [0, 0.1) is 12.7 Å². The smallest absolute Gasteiger partial charge is 0.264 e. The summed E-state index contributed by atoms with van der Waals surface area (Å²) in [4.78, 5) is 28.9. The van der Waals surface area contributed by atoms with Crippen molar-refractivity contribution in [3.63, 3.8) is 0 Å². The second kappa shape index (κ2) is 14.6. The summed E-state index contributed by atoms with van der Waals surface area (Å²) in [6.45, 7) is 2.84. The summed E-state index contributed by atoms with van der Waals surface area (Å²) in [6.07, 6.45) is 4.90. The molecule has 3 aromatic rings. The third-order valence-electron chi connectivity index (χ3n) is 7.93. The van der Waals surface area contributed by atoms with Gasteiger partial charge in [0.05, 0.1) is 24.8 Å². The molecule has 1 saturated carbocycles. The van der Waals surface area contributed by atoms with E-state index in [1.54, 1.807) is 25.1 Å². The molecule has 0 heterocycles. The highest BCUT2D eigenvalue weighted by Gasteiger charge is 2.33. The molecule has 2 amide bonds. The van der Waals surface area contributed by atoms with Gasteiger partial charge in [0.1, 0.15) is 18.4 Å². The van der Waals surface area contributed by atoms with Gasteiger partial charge < -0.3 is 19.7 Å². The Morgan fingerprint density at radius 3 is 2.18 bits per heavy atom. The zero-order valence-corrected chi connectivity index (χ0v) is 26.4. The summed E-state index contributed by atoms with van der Waals surface area (Å²) in [7, 11) is -1.35. The maximum atomic E-state index is 14.2. The van der Waals surface area contributed by atoms with Gasteiger partial charge in [-0.3, -0.25) is 13.9 Å². The van der Waals surface area contributed by atoms with Gasteiger partial charge in [-0.05, 0) is 68.7 Å². The molecule has 0 radical (unpaired) electrons. The number of nitrogens with one attached hydrogen (secondary N) is 1. The number of benzene rings is 3. The number of hydrogen-bond acceptors (Lipinski definition) is 6. The second-order valence-corrected chi connectivity index (χ2v) is 12.9. The number of aryl methyl sites for hydroxylation is 1. The van der Waals surface area contributed by atoms with E-state index >= 15 is 0 Å². The Morgan fingerprint density at radius 2 is 1.57 bits per heavy atom. The van der Waals surface area contributed by atoms with Crippen LogP contribution in [0.3, 0.4) is 0 Å². The van der Waals surface area contributed by atoms with E-state index in [4.69, 9.17) is 9.47 Å². The van der Waals surface area contributed by atoms with Crippen LogP contribution in [-0.4, -0.2) is 58.0 Å². The number of ether oxygens (including phenoxy) is 2. The molecule has 1 aliphatic rings. The molecule has 0 aromatic heterocycles. The zero-order valence-electron chi connectivity index (χ0n) is 25.6. The van der Waals surface area contributed by atoms with Crippen LogP contribution < -0.4 is 19.1 Å². The highest BCUT2D eigenvalue weighted by molar-refractivity contribution is 7.92. The van der Waals surface area contributed by atoms with Crippen LogP contribution in [0.2, 0.25) is 0 Å². The van der Waals surface area contributed by atoms with Gasteiger partial charge in [0, 0.05) is 18.7 Å². The quantitative estimate of drug-likeness (QED) is 0.296. The van der Waals surface area contributed by atoms with Gasteiger partial charge in [-0.15, -0.1) is 0 Å². The van der Waals surface area contributed by atoms with Gasteiger partial charge in [0.15, 0.2) is 11.5 Å². The van der Waals surface area contributed by atoms with Crippen molar-refractivity contribution in [2.75, 3.05) is 25.1 Å². The molecule has 44 heavy (non-hydrogen) atoms. The molecule has 1 aliphatic carbocycles. The van der Waals surface area contributed by atoms with E-state index in [-0.39, 0.29) is 34.8 Å². The van der Waals surface area contributed by atoms with Gasteiger partial charge >= 0.3 is 0 Å². The van der Waals surface area contributed by atoms with Crippen LogP contribution in [-0.2, 0) is 26.2 Å². The first-order valence-electron chi connectivity index (χ1n) is 14.7. The number of sulfonamides is 1. The molecule has 0 saturated heterocycles. The Hall–Kier alpha value is -4.12. The van der Waals surface area contributed by atoms with Crippen molar-refractivity contribution in [1.82, 2.24) is 10.2 Å². The molecule has 236 valence electrons. The van der Waals surface area contributed by atoms with Crippen molar-refractivity contribution < 1.29 is 31.9 Å². The molecular weight excluding hydrogens is 585 g/mol. The van der Waals surface area contributed by atoms with E-state index in [1.807, 2.05) is 6.92 Å². The number of carbonyl (C=O) groups is 2. The van der Waals surface area contributed by atoms with Crippen molar-refractivity contribution in [3.8, 4) is 11.5 Å². The highest BCUT2D eigenvalue weighted by Crippen LogP contribution is 2.34. The molecule has 0 spiro atoms. The van der Waals surface area contributed by atoms with E-state index in [0.717, 1.165) is 42.0 Å². The predicted molar refractivity (Wildman–Crippen MR) is 167 cm³/mol. The van der Waals surface area contributed by atoms with Gasteiger partial charge in [-0.1, -0.05) is 49.1 Å². The minimum Gasteiger partial charge on any atom is -0.493 e. The SMILES string of the molecule is COc1ccc(N(CC(=O)N(Cc2ccc(F)cc2)[C@@H](C)C(=O)NC2CCCCC2)S(=O)(=O)c2ccc(C)cc2)cc1OC. The molecule has 3 aromatic carbocycles. The van der Waals surface area contributed by atoms with Crippen LogP contribution in [0.15, 0.2) is 71.6 Å². The molecule has 9 nitrogen and oxygen atoms in total. The zero-order chi connectivity index (χ0) is 31.9. The number of nitrogens with zero attached hydrogens (tertiary/aromatic N) is 2. The third-order valence-corrected chi connectivity index (χ3v) is 9.72. The monoisotopic (exact) mass is 625 g/mol. The Balaban J connectivity index is 1.72. The molecular formula is C33H40FN3O6S. The standard InChI is InChI=1S/C33H40FN3O6S/c1-23-10-17-29(18-11-23)44(40,41)37(28-16-19-30(42-3)31(20-28)43-4)22-32(38)36(21-25-12-14-26(34)15-13-25)24(2)33(39)35-27-8-6-5-7-9-27/h10-20,24,27H,5-9,21-22H2,1-4H3,(H,35,39)/t24-/m0/s1. The summed E-state index contributed by atoms with van der Waals surface area (Å²) < 4.78 is 53.6. The Kier molecular flexibility index (Phi) is 10.9. The van der Waals surface area contributed by atoms with E-state index in [0.29, 0.717) is 11.3 Å². The van der Waals surface area contributed by atoms with Crippen molar-refractivity contribution in [2.24, 2.45) is 0 Å². The lowest BCUT2D eigenvalue weighted by Crippen LogP contribution is -2.53. The summed E-state index contributed by atoms with van der Waals surface area (Å²) in [5, 5.41) is 3.07. The largest absolute Gasteiger partial charge is 0.493 e. The van der Waals surface area contributed by atoms with Crippen LogP contribution in [0.5, 0.6) is 11.5 Å². The van der Waals surface area contributed by atoms with Gasteiger partial charge in [-0.25, -0.2) is 12.8 Å². The number of amides is 2. The lowest BCUT2D eigenvalue weighted by molar-refractivity contribution is -0.139.